The Bertz CT molecular complexity index is 577. The number of piperidine rings is 1. The lowest BCUT2D eigenvalue weighted by Gasteiger charge is -2.30. The number of carbonyl (C=O) groups is 3. The van der Waals surface area contributed by atoms with E-state index in [9.17, 15) is 14.4 Å². The molecule has 0 aromatic heterocycles. The van der Waals surface area contributed by atoms with Crippen LogP contribution in [0.15, 0.2) is 24.3 Å². The van der Waals surface area contributed by atoms with Crippen molar-refractivity contribution in [2.45, 2.75) is 19.8 Å². The number of ketones is 1. The highest BCUT2D eigenvalue weighted by molar-refractivity contribution is 5.94. The Hall–Kier alpha value is -2.37. The molecule has 2 N–H and O–H groups in total. The lowest BCUT2D eigenvalue weighted by atomic mass is 9.96. The molecular weight excluding hydrogens is 284 g/mol. The van der Waals surface area contributed by atoms with Gasteiger partial charge in [-0.05, 0) is 31.9 Å². The molecule has 1 aromatic rings. The molecule has 1 fully saturated rings. The number of benzene rings is 1. The standard InChI is InChI=1S/C16H20N2O4/c1-11(19)13-3-2-4-14(9-13)22-10-15(20)18-7-5-12(6-8-18)16(17)21/h2-4,9,12H,5-8,10H2,1H3,(H2,17,21). The SMILES string of the molecule is CC(=O)c1cccc(OCC(=O)N2CCC(C(N)=O)CC2)c1. The van der Waals surface area contributed by atoms with Crippen molar-refractivity contribution in [3.8, 4) is 5.75 Å². The number of likely N-dealkylation sites (tertiary alicyclic amines) is 1. The van der Waals surface area contributed by atoms with Gasteiger partial charge in [0.2, 0.25) is 5.91 Å². The van der Waals surface area contributed by atoms with Gasteiger partial charge in [0.05, 0.1) is 0 Å². The second-order valence-corrected chi connectivity index (χ2v) is 5.43. The summed E-state index contributed by atoms with van der Waals surface area (Å²) >= 11 is 0. The summed E-state index contributed by atoms with van der Waals surface area (Å²) in [7, 11) is 0. The number of primary amides is 1. The van der Waals surface area contributed by atoms with Crippen molar-refractivity contribution in [3.63, 3.8) is 0 Å². The maximum Gasteiger partial charge on any atom is 0.260 e. The minimum atomic E-state index is -0.301. The van der Waals surface area contributed by atoms with Crippen LogP contribution in [0, 0.1) is 5.92 Å². The lowest BCUT2D eigenvalue weighted by molar-refractivity contribution is -0.136. The third kappa shape index (κ3) is 4.07. The van der Waals surface area contributed by atoms with Gasteiger partial charge in [-0.3, -0.25) is 14.4 Å². The third-order valence-electron chi connectivity index (χ3n) is 3.85. The van der Waals surface area contributed by atoms with Crippen LogP contribution in [0.4, 0.5) is 0 Å². The smallest absolute Gasteiger partial charge is 0.260 e. The highest BCUT2D eigenvalue weighted by atomic mass is 16.5. The largest absolute Gasteiger partial charge is 0.484 e. The first kappa shape index (κ1) is 16.0. The van der Waals surface area contributed by atoms with Gasteiger partial charge in [0.25, 0.3) is 5.91 Å². The van der Waals surface area contributed by atoms with E-state index in [1.165, 1.54) is 6.92 Å². The normalized spacial score (nSPS) is 15.4. The summed E-state index contributed by atoms with van der Waals surface area (Å²) in [4.78, 5) is 36.2. The average Bonchev–Trinajstić information content (AvgIpc) is 2.53. The minimum absolute atomic E-state index is 0.0506. The fraction of sp³-hybridized carbons (Fsp3) is 0.438. The number of amides is 2. The van der Waals surface area contributed by atoms with Gasteiger partial charge >= 0.3 is 0 Å². The summed E-state index contributed by atoms with van der Waals surface area (Å²) in [5.74, 6) is -0.129. The number of Topliss-reactive ketones (excluding diaryl/α,β-unsaturated/α-hetero) is 1. The zero-order valence-corrected chi connectivity index (χ0v) is 12.6. The van der Waals surface area contributed by atoms with Gasteiger partial charge in [0.15, 0.2) is 12.4 Å². The number of hydrogen-bond acceptors (Lipinski definition) is 4. The van der Waals surface area contributed by atoms with Crippen LogP contribution in [-0.2, 0) is 9.59 Å². The van der Waals surface area contributed by atoms with Crippen LogP contribution in [0.1, 0.15) is 30.1 Å². The van der Waals surface area contributed by atoms with Crippen molar-refractivity contribution < 1.29 is 19.1 Å². The molecule has 0 aliphatic carbocycles. The topological polar surface area (TPSA) is 89.7 Å². The lowest BCUT2D eigenvalue weighted by Crippen LogP contribution is -2.43. The first-order valence-electron chi connectivity index (χ1n) is 7.28. The summed E-state index contributed by atoms with van der Waals surface area (Å²) in [5, 5.41) is 0. The summed E-state index contributed by atoms with van der Waals surface area (Å²) in [6.45, 7) is 2.43. The van der Waals surface area contributed by atoms with Crippen molar-refractivity contribution in [2.75, 3.05) is 19.7 Å². The molecule has 0 saturated carbocycles. The third-order valence-corrected chi connectivity index (χ3v) is 3.85. The van der Waals surface area contributed by atoms with Crippen LogP contribution in [0.3, 0.4) is 0 Å². The van der Waals surface area contributed by atoms with Crippen molar-refractivity contribution in [1.29, 1.82) is 0 Å². The summed E-state index contributed by atoms with van der Waals surface area (Å²) < 4.78 is 5.45. The molecule has 0 bridgehead atoms. The molecule has 1 aliphatic rings. The highest BCUT2D eigenvalue weighted by Crippen LogP contribution is 2.18. The quantitative estimate of drug-likeness (QED) is 0.821. The molecule has 2 amide bonds. The van der Waals surface area contributed by atoms with E-state index in [2.05, 4.69) is 0 Å². The summed E-state index contributed by atoms with van der Waals surface area (Å²) in [6.07, 6.45) is 1.20. The molecule has 1 saturated heterocycles. The Kier molecular flexibility index (Phi) is 5.14. The van der Waals surface area contributed by atoms with Gasteiger partial charge in [-0.2, -0.15) is 0 Å². The molecule has 1 heterocycles. The number of nitrogens with zero attached hydrogens (tertiary/aromatic N) is 1. The van der Waals surface area contributed by atoms with Crippen LogP contribution in [0.5, 0.6) is 5.75 Å². The minimum Gasteiger partial charge on any atom is -0.484 e. The van der Waals surface area contributed by atoms with Gasteiger partial charge in [-0.15, -0.1) is 0 Å². The van der Waals surface area contributed by atoms with Crippen molar-refractivity contribution >= 4 is 17.6 Å². The number of ether oxygens (including phenoxy) is 1. The van der Waals surface area contributed by atoms with Gasteiger partial charge in [0, 0.05) is 24.6 Å². The molecule has 22 heavy (non-hydrogen) atoms. The zero-order chi connectivity index (χ0) is 16.1. The molecule has 118 valence electrons. The predicted molar refractivity (Wildman–Crippen MR) is 80.4 cm³/mol. The molecule has 1 aliphatic heterocycles. The van der Waals surface area contributed by atoms with Crippen LogP contribution >= 0.6 is 0 Å². The van der Waals surface area contributed by atoms with E-state index in [0.717, 1.165) is 0 Å². The van der Waals surface area contributed by atoms with Gasteiger partial charge in [-0.1, -0.05) is 12.1 Å². The van der Waals surface area contributed by atoms with E-state index in [-0.39, 0.29) is 30.1 Å². The molecule has 0 spiro atoms. The van der Waals surface area contributed by atoms with Crippen molar-refractivity contribution in [3.05, 3.63) is 29.8 Å². The molecule has 0 radical (unpaired) electrons. The Balaban J connectivity index is 1.84. The number of rotatable bonds is 5. The first-order chi connectivity index (χ1) is 10.5. The molecule has 6 heteroatoms. The predicted octanol–water partition coefficient (Wildman–Crippen LogP) is 0.992. The van der Waals surface area contributed by atoms with Crippen LogP contribution in [0.2, 0.25) is 0 Å². The van der Waals surface area contributed by atoms with Gasteiger partial charge in [0.1, 0.15) is 5.75 Å². The van der Waals surface area contributed by atoms with Crippen molar-refractivity contribution in [1.82, 2.24) is 4.90 Å². The summed E-state index contributed by atoms with van der Waals surface area (Å²) in [6, 6.07) is 6.74. The molecule has 1 aromatic carbocycles. The Morgan fingerprint density at radius 2 is 1.95 bits per heavy atom. The Morgan fingerprint density at radius 1 is 1.27 bits per heavy atom. The molecule has 0 unspecified atom stereocenters. The summed E-state index contributed by atoms with van der Waals surface area (Å²) in [5.41, 5.74) is 5.82. The van der Waals surface area contributed by atoms with Crippen molar-refractivity contribution in [2.24, 2.45) is 11.7 Å². The number of hydrogen-bond donors (Lipinski definition) is 1. The van der Waals surface area contributed by atoms with E-state index in [1.807, 2.05) is 0 Å². The van der Waals surface area contributed by atoms with E-state index in [4.69, 9.17) is 10.5 Å². The van der Waals surface area contributed by atoms with E-state index in [0.29, 0.717) is 37.2 Å². The van der Waals surface area contributed by atoms with Crippen LogP contribution < -0.4 is 10.5 Å². The fourth-order valence-corrected chi connectivity index (χ4v) is 2.45. The zero-order valence-electron chi connectivity index (χ0n) is 12.6. The maximum atomic E-state index is 12.1. The highest BCUT2D eigenvalue weighted by Gasteiger charge is 2.25. The molecular formula is C16H20N2O4. The maximum absolute atomic E-state index is 12.1. The fourth-order valence-electron chi connectivity index (χ4n) is 2.45. The second-order valence-electron chi connectivity index (χ2n) is 5.43. The van der Waals surface area contributed by atoms with Crippen LogP contribution in [0.25, 0.3) is 0 Å². The molecule has 2 rings (SSSR count). The van der Waals surface area contributed by atoms with Gasteiger partial charge < -0.3 is 15.4 Å². The first-order valence-corrected chi connectivity index (χ1v) is 7.28. The number of nitrogens with two attached hydrogens (primary N) is 1. The Morgan fingerprint density at radius 3 is 2.55 bits per heavy atom. The van der Waals surface area contributed by atoms with E-state index >= 15 is 0 Å². The van der Waals surface area contributed by atoms with Gasteiger partial charge in [-0.25, -0.2) is 0 Å². The van der Waals surface area contributed by atoms with E-state index < -0.39 is 0 Å². The second kappa shape index (κ2) is 7.06. The monoisotopic (exact) mass is 304 g/mol. The van der Waals surface area contributed by atoms with E-state index in [1.54, 1.807) is 29.2 Å². The molecule has 6 nitrogen and oxygen atoms in total. The average molecular weight is 304 g/mol. The number of carbonyl (C=O) groups excluding carboxylic acids is 3. The Labute approximate surface area is 129 Å². The van der Waals surface area contributed by atoms with Crippen LogP contribution in [-0.4, -0.2) is 42.2 Å². The molecule has 0 atom stereocenters.